The van der Waals surface area contributed by atoms with E-state index in [0.717, 1.165) is 11.1 Å². The molecule has 1 atom stereocenters. The molecule has 4 rings (SSSR count). The van der Waals surface area contributed by atoms with Crippen LogP contribution in [0.5, 0.6) is 11.5 Å². The van der Waals surface area contributed by atoms with Gasteiger partial charge in [0, 0.05) is 24.2 Å². The van der Waals surface area contributed by atoms with E-state index in [1.807, 2.05) is 47.4 Å². The van der Waals surface area contributed by atoms with Crippen molar-refractivity contribution in [2.45, 2.75) is 11.9 Å². The summed E-state index contributed by atoms with van der Waals surface area (Å²) in [6, 6.07) is 19.9. The SMILES string of the molecule is COC(=O)c1cc(OC)c(OC)cc1NC(=O)c1ccc([C@@H]2SCC(=O)N2Cc2ccccc2)cc1. The second kappa shape index (κ2) is 11.2. The van der Waals surface area contributed by atoms with Crippen LogP contribution < -0.4 is 14.8 Å². The van der Waals surface area contributed by atoms with Gasteiger partial charge < -0.3 is 24.4 Å². The Hall–Kier alpha value is -3.98. The summed E-state index contributed by atoms with van der Waals surface area (Å²) in [5, 5.41) is 2.63. The Morgan fingerprint density at radius 2 is 1.64 bits per heavy atom. The first-order chi connectivity index (χ1) is 17.4. The molecule has 186 valence electrons. The molecule has 1 saturated heterocycles. The minimum Gasteiger partial charge on any atom is -0.493 e. The maximum absolute atomic E-state index is 13.0. The van der Waals surface area contributed by atoms with Crippen LogP contribution in [0.3, 0.4) is 0 Å². The van der Waals surface area contributed by atoms with E-state index in [9.17, 15) is 14.4 Å². The highest BCUT2D eigenvalue weighted by Gasteiger charge is 2.32. The lowest BCUT2D eigenvalue weighted by Crippen LogP contribution is -2.27. The van der Waals surface area contributed by atoms with E-state index in [1.165, 1.54) is 33.5 Å². The third kappa shape index (κ3) is 5.31. The lowest BCUT2D eigenvalue weighted by atomic mass is 10.1. The Kier molecular flexibility index (Phi) is 7.80. The summed E-state index contributed by atoms with van der Waals surface area (Å²) in [6.45, 7) is 0.523. The molecule has 3 aromatic carbocycles. The first-order valence-corrected chi connectivity index (χ1v) is 12.2. The van der Waals surface area contributed by atoms with Crippen LogP contribution in [0.1, 0.15) is 37.2 Å². The number of amides is 2. The maximum Gasteiger partial charge on any atom is 0.340 e. The Morgan fingerprint density at radius 3 is 2.28 bits per heavy atom. The summed E-state index contributed by atoms with van der Waals surface area (Å²) in [5.41, 5.74) is 2.76. The van der Waals surface area contributed by atoms with E-state index >= 15 is 0 Å². The largest absolute Gasteiger partial charge is 0.493 e. The molecule has 0 unspecified atom stereocenters. The monoisotopic (exact) mass is 506 g/mol. The average Bonchev–Trinajstić information content (AvgIpc) is 3.28. The molecule has 9 heteroatoms. The van der Waals surface area contributed by atoms with Gasteiger partial charge in [-0.25, -0.2) is 4.79 Å². The first-order valence-electron chi connectivity index (χ1n) is 11.2. The normalized spacial score (nSPS) is 14.9. The number of carbonyl (C=O) groups is 3. The fourth-order valence-corrected chi connectivity index (χ4v) is 5.12. The molecule has 1 fully saturated rings. The molecule has 1 aliphatic rings. The van der Waals surface area contributed by atoms with Crippen molar-refractivity contribution in [3.05, 3.63) is 89.0 Å². The number of nitrogens with one attached hydrogen (secondary N) is 1. The molecular weight excluding hydrogens is 480 g/mol. The molecule has 3 aromatic rings. The lowest BCUT2D eigenvalue weighted by Gasteiger charge is -2.24. The molecule has 0 aliphatic carbocycles. The van der Waals surface area contributed by atoms with Gasteiger partial charge in [0.2, 0.25) is 5.91 Å². The quantitative estimate of drug-likeness (QED) is 0.449. The third-order valence-corrected chi connectivity index (χ3v) is 7.06. The van der Waals surface area contributed by atoms with Crippen LogP contribution >= 0.6 is 11.8 Å². The molecule has 8 nitrogen and oxygen atoms in total. The van der Waals surface area contributed by atoms with Crippen LogP contribution in [0.2, 0.25) is 0 Å². The molecule has 1 heterocycles. The molecule has 0 bridgehead atoms. The van der Waals surface area contributed by atoms with Gasteiger partial charge in [-0.3, -0.25) is 9.59 Å². The molecule has 0 spiro atoms. The van der Waals surface area contributed by atoms with Crippen molar-refractivity contribution in [2.75, 3.05) is 32.4 Å². The van der Waals surface area contributed by atoms with Gasteiger partial charge in [-0.15, -0.1) is 11.8 Å². The van der Waals surface area contributed by atoms with E-state index in [0.29, 0.717) is 29.4 Å². The highest BCUT2D eigenvalue weighted by atomic mass is 32.2. The molecule has 2 amide bonds. The smallest absolute Gasteiger partial charge is 0.340 e. The van der Waals surface area contributed by atoms with E-state index in [-0.39, 0.29) is 22.5 Å². The number of rotatable bonds is 8. The Bertz CT molecular complexity index is 1260. The van der Waals surface area contributed by atoms with Crippen molar-refractivity contribution in [1.29, 1.82) is 0 Å². The summed E-state index contributed by atoms with van der Waals surface area (Å²) >= 11 is 1.56. The van der Waals surface area contributed by atoms with Gasteiger partial charge in [0.1, 0.15) is 5.37 Å². The van der Waals surface area contributed by atoms with Crippen molar-refractivity contribution >= 4 is 35.2 Å². The molecule has 1 N–H and O–H groups in total. The number of ether oxygens (including phenoxy) is 3. The second-order valence-electron chi connectivity index (χ2n) is 7.99. The van der Waals surface area contributed by atoms with E-state index in [2.05, 4.69) is 5.32 Å². The van der Waals surface area contributed by atoms with Crippen molar-refractivity contribution in [2.24, 2.45) is 0 Å². The molecule has 0 radical (unpaired) electrons. The van der Waals surface area contributed by atoms with Crippen molar-refractivity contribution in [3.8, 4) is 11.5 Å². The predicted molar refractivity (Wildman–Crippen MR) is 137 cm³/mol. The zero-order valence-corrected chi connectivity index (χ0v) is 21.0. The summed E-state index contributed by atoms with van der Waals surface area (Å²) < 4.78 is 15.4. The topological polar surface area (TPSA) is 94.2 Å². The van der Waals surface area contributed by atoms with Crippen LogP contribution in [0, 0.1) is 0 Å². The summed E-state index contributed by atoms with van der Waals surface area (Å²) in [5.74, 6) is 0.161. The highest BCUT2D eigenvalue weighted by molar-refractivity contribution is 8.00. The summed E-state index contributed by atoms with van der Waals surface area (Å²) in [7, 11) is 4.18. The summed E-state index contributed by atoms with van der Waals surface area (Å²) in [4.78, 5) is 39.7. The first kappa shape index (κ1) is 25.1. The van der Waals surface area contributed by atoms with Crippen LogP contribution in [0.15, 0.2) is 66.7 Å². The number of hydrogen-bond donors (Lipinski definition) is 1. The lowest BCUT2D eigenvalue weighted by molar-refractivity contribution is -0.128. The van der Waals surface area contributed by atoms with Crippen molar-refractivity contribution < 1.29 is 28.6 Å². The summed E-state index contributed by atoms with van der Waals surface area (Å²) in [6.07, 6.45) is 0. The average molecular weight is 507 g/mol. The Labute approximate surface area is 213 Å². The van der Waals surface area contributed by atoms with Gasteiger partial charge in [0.05, 0.1) is 38.3 Å². The van der Waals surface area contributed by atoms with Gasteiger partial charge in [0.15, 0.2) is 11.5 Å². The Balaban J connectivity index is 1.53. The van der Waals surface area contributed by atoms with Gasteiger partial charge >= 0.3 is 5.97 Å². The number of esters is 1. The molecule has 1 aliphatic heterocycles. The number of hydrogen-bond acceptors (Lipinski definition) is 7. The van der Waals surface area contributed by atoms with Crippen LogP contribution in [-0.4, -0.2) is 49.8 Å². The third-order valence-electron chi connectivity index (χ3n) is 5.80. The zero-order chi connectivity index (χ0) is 25.7. The number of nitrogens with zero attached hydrogens (tertiary/aromatic N) is 1. The highest BCUT2D eigenvalue weighted by Crippen LogP contribution is 2.40. The van der Waals surface area contributed by atoms with Gasteiger partial charge in [0.25, 0.3) is 5.91 Å². The standard InChI is InChI=1S/C27H26N2O6S/c1-33-22-13-20(27(32)35-3)21(14-23(22)34-2)28-25(31)18-9-11-19(12-10-18)26-29(24(30)16-36-26)15-17-7-5-4-6-8-17/h4-14,26H,15-16H2,1-3H3,(H,28,31)/t26-/m0/s1. The van der Waals surface area contributed by atoms with Crippen LogP contribution in [-0.2, 0) is 16.1 Å². The maximum atomic E-state index is 13.0. The second-order valence-corrected chi connectivity index (χ2v) is 9.06. The van der Waals surface area contributed by atoms with Gasteiger partial charge in [-0.1, -0.05) is 42.5 Å². The number of anilines is 1. The minimum atomic E-state index is -0.622. The number of methoxy groups -OCH3 is 3. The minimum absolute atomic E-state index is 0.0828. The molecular formula is C27H26N2O6S. The predicted octanol–water partition coefficient (Wildman–Crippen LogP) is 4.52. The fourth-order valence-electron chi connectivity index (χ4n) is 3.94. The van der Waals surface area contributed by atoms with E-state index in [4.69, 9.17) is 14.2 Å². The number of carbonyl (C=O) groups excluding carboxylic acids is 3. The van der Waals surface area contributed by atoms with Crippen molar-refractivity contribution in [1.82, 2.24) is 4.90 Å². The molecule has 36 heavy (non-hydrogen) atoms. The number of thioether (sulfide) groups is 1. The van der Waals surface area contributed by atoms with Gasteiger partial charge in [-0.2, -0.15) is 0 Å². The Morgan fingerprint density at radius 1 is 0.972 bits per heavy atom. The zero-order valence-electron chi connectivity index (χ0n) is 20.1. The number of benzene rings is 3. The van der Waals surface area contributed by atoms with E-state index in [1.54, 1.807) is 23.9 Å². The molecule has 0 saturated carbocycles. The van der Waals surface area contributed by atoms with Crippen LogP contribution in [0.25, 0.3) is 0 Å². The van der Waals surface area contributed by atoms with Crippen molar-refractivity contribution in [3.63, 3.8) is 0 Å². The fraction of sp³-hybridized carbons (Fsp3) is 0.222. The van der Waals surface area contributed by atoms with Gasteiger partial charge in [-0.05, 0) is 23.3 Å². The van der Waals surface area contributed by atoms with Crippen LogP contribution in [0.4, 0.5) is 5.69 Å². The molecule has 0 aromatic heterocycles. The van der Waals surface area contributed by atoms with E-state index < -0.39 is 11.9 Å².